The Hall–Kier alpha value is -1.57. The zero-order valence-corrected chi connectivity index (χ0v) is 10.6. The van der Waals surface area contributed by atoms with E-state index in [1.54, 1.807) is 13.2 Å². The first-order valence-corrected chi connectivity index (χ1v) is 6.17. The van der Waals surface area contributed by atoms with Crippen molar-refractivity contribution in [3.8, 4) is 11.8 Å². The third kappa shape index (κ3) is 2.81. The fourth-order valence-corrected chi connectivity index (χ4v) is 2.39. The number of rotatable bonds is 4. The van der Waals surface area contributed by atoms with E-state index >= 15 is 0 Å². The van der Waals surface area contributed by atoms with Gasteiger partial charge in [0.2, 0.25) is 0 Å². The molecule has 1 N–H and O–H groups in total. The van der Waals surface area contributed by atoms with Gasteiger partial charge in [0.25, 0.3) is 0 Å². The maximum atomic E-state index is 9.13. The molecule has 1 unspecified atom stereocenters. The minimum absolute atomic E-state index is 0.265. The van der Waals surface area contributed by atoms with Crippen LogP contribution in [-0.2, 0) is 6.54 Å². The minimum atomic E-state index is 0.265. The Balaban J connectivity index is 2.08. The summed E-state index contributed by atoms with van der Waals surface area (Å²) in [5.74, 6) is 1.16. The normalized spacial score (nSPS) is 19.7. The first-order valence-electron chi connectivity index (χ1n) is 6.17. The molecule has 1 aromatic carbocycles. The van der Waals surface area contributed by atoms with Gasteiger partial charge >= 0.3 is 0 Å². The van der Waals surface area contributed by atoms with E-state index in [4.69, 9.17) is 15.1 Å². The molecule has 1 aliphatic heterocycles. The lowest BCUT2D eigenvalue weighted by Gasteiger charge is -2.17. The SMILES string of the molecule is COc1cc(C#N)ccc1CN1CCC(CO)C1. The molecule has 1 atom stereocenters. The summed E-state index contributed by atoms with van der Waals surface area (Å²) in [7, 11) is 1.63. The molecule has 0 spiro atoms. The Kier molecular flexibility index (Phi) is 4.19. The van der Waals surface area contributed by atoms with Crippen LogP contribution >= 0.6 is 0 Å². The van der Waals surface area contributed by atoms with Crippen molar-refractivity contribution >= 4 is 0 Å². The lowest BCUT2D eigenvalue weighted by molar-refractivity contribution is 0.219. The Morgan fingerprint density at radius 2 is 2.39 bits per heavy atom. The Morgan fingerprint density at radius 3 is 3.00 bits per heavy atom. The monoisotopic (exact) mass is 246 g/mol. The predicted molar refractivity (Wildman–Crippen MR) is 68.2 cm³/mol. The number of hydrogen-bond acceptors (Lipinski definition) is 4. The first kappa shape index (κ1) is 12.9. The van der Waals surface area contributed by atoms with Crippen molar-refractivity contribution in [1.82, 2.24) is 4.90 Å². The maximum absolute atomic E-state index is 9.13. The number of methoxy groups -OCH3 is 1. The van der Waals surface area contributed by atoms with Crippen LogP contribution in [0.15, 0.2) is 18.2 Å². The molecule has 4 nitrogen and oxygen atoms in total. The third-order valence-electron chi connectivity index (χ3n) is 3.44. The fraction of sp³-hybridized carbons (Fsp3) is 0.500. The van der Waals surface area contributed by atoms with Gasteiger partial charge in [-0.05, 0) is 31.0 Å². The van der Waals surface area contributed by atoms with E-state index in [9.17, 15) is 0 Å². The van der Waals surface area contributed by atoms with Crippen LogP contribution in [0.3, 0.4) is 0 Å². The molecular weight excluding hydrogens is 228 g/mol. The van der Waals surface area contributed by atoms with E-state index in [1.807, 2.05) is 12.1 Å². The van der Waals surface area contributed by atoms with Gasteiger partial charge in [0.15, 0.2) is 0 Å². The van der Waals surface area contributed by atoms with Crippen molar-refractivity contribution in [2.45, 2.75) is 13.0 Å². The van der Waals surface area contributed by atoms with Gasteiger partial charge in [-0.2, -0.15) is 5.26 Å². The second-order valence-corrected chi connectivity index (χ2v) is 4.71. The highest BCUT2D eigenvalue weighted by Gasteiger charge is 2.22. The number of benzene rings is 1. The van der Waals surface area contributed by atoms with Crippen LogP contribution in [0.1, 0.15) is 17.5 Å². The van der Waals surface area contributed by atoms with Gasteiger partial charge in [-0.25, -0.2) is 0 Å². The highest BCUT2D eigenvalue weighted by Crippen LogP contribution is 2.24. The smallest absolute Gasteiger partial charge is 0.124 e. The Bertz CT molecular complexity index is 454. The molecule has 18 heavy (non-hydrogen) atoms. The summed E-state index contributed by atoms with van der Waals surface area (Å²) in [6.45, 7) is 3.01. The highest BCUT2D eigenvalue weighted by atomic mass is 16.5. The summed E-state index contributed by atoms with van der Waals surface area (Å²) in [5.41, 5.74) is 1.71. The van der Waals surface area contributed by atoms with Gasteiger partial charge in [-0.3, -0.25) is 4.90 Å². The zero-order valence-electron chi connectivity index (χ0n) is 10.6. The van der Waals surface area contributed by atoms with E-state index in [1.165, 1.54) is 0 Å². The Morgan fingerprint density at radius 1 is 1.56 bits per heavy atom. The number of hydrogen-bond donors (Lipinski definition) is 1. The summed E-state index contributed by atoms with van der Waals surface area (Å²) < 4.78 is 5.32. The number of aliphatic hydroxyl groups excluding tert-OH is 1. The van der Waals surface area contributed by atoms with Gasteiger partial charge in [-0.15, -0.1) is 0 Å². The quantitative estimate of drug-likeness (QED) is 0.872. The molecule has 0 saturated carbocycles. The van der Waals surface area contributed by atoms with Crippen molar-refractivity contribution < 1.29 is 9.84 Å². The van der Waals surface area contributed by atoms with Crippen molar-refractivity contribution in [1.29, 1.82) is 5.26 Å². The molecule has 1 aromatic rings. The molecule has 0 amide bonds. The third-order valence-corrected chi connectivity index (χ3v) is 3.44. The standard InChI is InChI=1S/C14H18N2O2/c1-18-14-6-11(7-15)2-3-13(14)9-16-5-4-12(8-16)10-17/h2-3,6,12,17H,4-5,8-10H2,1H3. The molecule has 0 bridgehead atoms. The number of nitrogens with zero attached hydrogens (tertiary/aromatic N) is 2. The van der Waals surface area contributed by atoms with Crippen molar-refractivity contribution in [3.63, 3.8) is 0 Å². The van der Waals surface area contributed by atoms with Gasteiger partial charge in [0.1, 0.15) is 5.75 Å². The second kappa shape index (κ2) is 5.85. The van der Waals surface area contributed by atoms with E-state index < -0.39 is 0 Å². The van der Waals surface area contributed by atoms with E-state index in [2.05, 4.69) is 11.0 Å². The number of likely N-dealkylation sites (tertiary alicyclic amines) is 1. The van der Waals surface area contributed by atoms with Crippen LogP contribution in [0.5, 0.6) is 5.75 Å². The number of aliphatic hydroxyl groups is 1. The minimum Gasteiger partial charge on any atom is -0.496 e. The van der Waals surface area contributed by atoms with Crippen LogP contribution in [0.25, 0.3) is 0 Å². The van der Waals surface area contributed by atoms with Crippen molar-refractivity contribution in [3.05, 3.63) is 29.3 Å². The number of ether oxygens (including phenoxy) is 1. The van der Waals surface area contributed by atoms with Crippen LogP contribution in [0.4, 0.5) is 0 Å². The van der Waals surface area contributed by atoms with Crippen LogP contribution in [0.2, 0.25) is 0 Å². The van der Waals surface area contributed by atoms with E-state index in [0.717, 1.165) is 37.4 Å². The summed E-state index contributed by atoms with van der Waals surface area (Å²) in [4.78, 5) is 2.31. The first-order chi connectivity index (χ1) is 8.76. The molecule has 1 fully saturated rings. The zero-order chi connectivity index (χ0) is 13.0. The molecule has 96 valence electrons. The van der Waals surface area contributed by atoms with Crippen molar-refractivity contribution in [2.24, 2.45) is 5.92 Å². The van der Waals surface area contributed by atoms with Crippen molar-refractivity contribution in [2.75, 3.05) is 26.8 Å². The number of nitriles is 1. The van der Waals surface area contributed by atoms with Crippen LogP contribution < -0.4 is 4.74 Å². The summed E-state index contributed by atoms with van der Waals surface area (Å²) >= 11 is 0. The van der Waals surface area contributed by atoms with E-state index in [-0.39, 0.29) is 6.61 Å². The largest absolute Gasteiger partial charge is 0.496 e. The fourth-order valence-electron chi connectivity index (χ4n) is 2.39. The lowest BCUT2D eigenvalue weighted by Crippen LogP contribution is -2.21. The molecule has 0 radical (unpaired) electrons. The Labute approximate surface area is 107 Å². The van der Waals surface area contributed by atoms with Gasteiger partial charge in [0.05, 0.1) is 18.7 Å². The molecule has 2 rings (SSSR count). The molecule has 1 saturated heterocycles. The van der Waals surface area contributed by atoms with Crippen LogP contribution in [0, 0.1) is 17.2 Å². The maximum Gasteiger partial charge on any atom is 0.124 e. The van der Waals surface area contributed by atoms with Crippen LogP contribution in [-0.4, -0.2) is 36.8 Å². The highest BCUT2D eigenvalue weighted by molar-refractivity contribution is 5.42. The second-order valence-electron chi connectivity index (χ2n) is 4.71. The van der Waals surface area contributed by atoms with Gasteiger partial charge < -0.3 is 9.84 Å². The average Bonchev–Trinajstić information content (AvgIpc) is 2.87. The summed E-state index contributed by atoms with van der Waals surface area (Å²) in [6.07, 6.45) is 1.05. The summed E-state index contributed by atoms with van der Waals surface area (Å²) in [5, 5.41) is 18.0. The summed E-state index contributed by atoms with van der Waals surface area (Å²) in [6, 6.07) is 7.65. The van der Waals surface area contributed by atoms with Gasteiger partial charge in [0, 0.05) is 25.3 Å². The molecule has 1 heterocycles. The lowest BCUT2D eigenvalue weighted by atomic mass is 10.1. The van der Waals surface area contributed by atoms with Gasteiger partial charge in [-0.1, -0.05) is 6.07 Å². The molecule has 0 aromatic heterocycles. The predicted octanol–water partition coefficient (Wildman–Crippen LogP) is 1.38. The van der Waals surface area contributed by atoms with E-state index in [0.29, 0.717) is 11.5 Å². The molecule has 0 aliphatic carbocycles. The molecular formula is C14H18N2O2. The molecule has 1 aliphatic rings. The topological polar surface area (TPSA) is 56.5 Å². The average molecular weight is 246 g/mol. The molecule has 4 heteroatoms.